The molecule has 0 aromatic heterocycles. The number of ketones is 1. The third kappa shape index (κ3) is 9.05. The predicted octanol–water partition coefficient (Wildman–Crippen LogP) is 3.48. The summed E-state index contributed by atoms with van der Waals surface area (Å²) in [7, 11) is 0. The van der Waals surface area contributed by atoms with Crippen LogP contribution in [0.2, 0.25) is 0 Å². The van der Waals surface area contributed by atoms with Gasteiger partial charge in [-0.2, -0.15) is 0 Å². The number of carbonyl (C=O) groups excluding carboxylic acids is 3. The quantitative estimate of drug-likeness (QED) is 0.434. The van der Waals surface area contributed by atoms with Crippen molar-refractivity contribution < 1.29 is 29.3 Å². The molecule has 0 spiro atoms. The zero-order valence-corrected chi connectivity index (χ0v) is 21.3. The van der Waals surface area contributed by atoms with Crippen molar-refractivity contribution >= 4 is 17.7 Å². The molecule has 1 heterocycles. The lowest BCUT2D eigenvalue weighted by Crippen LogP contribution is -2.45. The Hall–Kier alpha value is -1.99. The van der Waals surface area contributed by atoms with Crippen molar-refractivity contribution in [2.24, 2.45) is 17.3 Å². The van der Waals surface area contributed by atoms with Crippen molar-refractivity contribution in [1.29, 1.82) is 0 Å². The maximum Gasteiger partial charge on any atom is 0.309 e. The fourth-order valence-corrected chi connectivity index (χ4v) is 4.28. The van der Waals surface area contributed by atoms with Crippen molar-refractivity contribution in [2.45, 2.75) is 105 Å². The summed E-state index contributed by atoms with van der Waals surface area (Å²) in [5.41, 5.74) is -0.415. The van der Waals surface area contributed by atoms with Crippen LogP contribution in [-0.4, -0.2) is 52.2 Å². The van der Waals surface area contributed by atoms with Crippen LogP contribution in [0.3, 0.4) is 0 Å². The molecule has 0 aromatic carbocycles. The number of allylic oxidation sites excluding steroid dienone is 1. The monoisotopic (exact) mass is 465 g/mol. The molecule has 7 heteroatoms. The minimum absolute atomic E-state index is 0.0589. The van der Waals surface area contributed by atoms with Crippen LogP contribution in [0.1, 0.15) is 80.6 Å². The Morgan fingerprint density at radius 1 is 1.21 bits per heavy atom. The largest absolute Gasteiger partial charge is 0.457 e. The summed E-state index contributed by atoms with van der Waals surface area (Å²) < 4.78 is 5.69. The lowest BCUT2D eigenvalue weighted by Gasteiger charge is -2.34. The highest BCUT2D eigenvalue weighted by Gasteiger charge is 2.42. The molecule has 0 saturated carbocycles. The minimum Gasteiger partial charge on any atom is -0.457 e. The average Bonchev–Trinajstić information content (AvgIpc) is 2.71. The van der Waals surface area contributed by atoms with Gasteiger partial charge in [0, 0.05) is 25.3 Å². The van der Waals surface area contributed by atoms with E-state index < -0.39 is 35.6 Å². The van der Waals surface area contributed by atoms with E-state index in [9.17, 15) is 24.6 Å². The first-order valence-electron chi connectivity index (χ1n) is 12.0. The molecule has 1 aliphatic rings. The molecule has 0 unspecified atom stereocenters. The number of amides is 1. The number of ether oxygens (including phenoxy) is 1. The standard InChI is InChI=1S/C26H43NO6/c1-16-12-10-8-9-11-13-21(17(2)14-18(3)27-20(5)28)33-23(30)15-22(29)26(6,7)25(32)19(4)24(16)31/h9,11,14,16,18-19,21-22,24,29,31H,8,10,12-13,15H2,1-7H3,(H,27,28)/b11-9-,17-14+/t16-,18-,19+,21-,22-,24-/m0/s1. The molecule has 188 valence electrons. The molecule has 1 amide bonds. The summed E-state index contributed by atoms with van der Waals surface area (Å²) >= 11 is 0. The fraction of sp³-hybridized carbons (Fsp3) is 0.731. The van der Waals surface area contributed by atoms with Gasteiger partial charge in [0.1, 0.15) is 11.9 Å². The third-order valence-electron chi connectivity index (χ3n) is 6.61. The number of rotatable bonds is 3. The van der Waals surface area contributed by atoms with Crippen LogP contribution >= 0.6 is 0 Å². The van der Waals surface area contributed by atoms with E-state index in [0.717, 1.165) is 24.8 Å². The van der Waals surface area contributed by atoms with E-state index in [-0.39, 0.29) is 30.1 Å². The minimum atomic E-state index is -1.24. The molecule has 0 fully saturated rings. The molecule has 6 atom stereocenters. The lowest BCUT2D eigenvalue weighted by atomic mass is 9.73. The highest BCUT2D eigenvalue weighted by Crippen LogP contribution is 2.32. The molecule has 0 bridgehead atoms. The smallest absolute Gasteiger partial charge is 0.309 e. The van der Waals surface area contributed by atoms with E-state index in [0.29, 0.717) is 6.42 Å². The molecule has 0 saturated heterocycles. The van der Waals surface area contributed by atoms with Gasteiger partial charge < -0.3 is 20.3 Å². The van der Waals surface area contributed by atoms with Crippen LogP contribution in [-0.2, 0) is 19.1 Å². The summed E-state index contributed by atoms with van der Waals surface area (Å²) in [5.74, 6) is -1.74. The first kappa shape index (κ1) is 29.0. The van der Waals surface area contributed by atoms with Crippen LogP contribution in [0.15, 0.2) is 23.8 Å². The van der Waals surface area contributed by atoms with Gasteiger partial charge in [-0.05, 0) is 44.6 Å². The second-order valence-electron chi connectivity index (χ2n) is 10.1. The molecule has 1 aliphatic heterocycles. The molecular weight excluding hydrogens is 422 g/mol. The number of aliphatic hydroxyl groups excluding tert-OH is 2. The Morgan fingerprint density at radius 2 is 1.85 bits per heavy atom. The van der Waals surface area contributed by atoms with E-state index in [2.05, 4.69) is 5.32 Å². The highest BCUT2D eigenvalue weighted by molar-refractivity contribution is 5.88. The Bertz CT molecular complexity index is 741. The zero-order valence-electron chi connectivity index (χ0n) is 21.3. The Kier molecular flexibility index (Phi) is 11.5. The van der Waals surface area contributed by atoms with Gasteiger partial charge in [0.05, 0.1) is 24.0 Å². The Morgan fingerprint density at radius 3 is 2.45 bits per heavy atom. The van der Waals surface area contributed by atoms with E-state index in [4.69, 9.17) is 4.74 Å². The van der Waals surface area contributed by atoms with Crippen molar-refractivity contribution in [3.05, 3.63) is 23.8 Å². The number of aliphatic hydroxyl groups is 2. The molecule has 33 heavy (non-hydrogen) atoms. The summed E-state index contributed by atoms with van der Waals surface area (Å²) in [6, 6.07) is -0.220. The van der Waals surface area contributed by atoms with Crippen LogP contribution in [0.5, 0.6) is 0 Å². The van der Waals surface area contributed by atoms with Crippen LogP contribution in [0.25, 0.3) is 0 Å². The van der Waals surface area contributed by atoms with Crippen LogP contribution in [0.4, 0.5) is 0 Å². The van der Waals surface area contributed by atoms with Gasteiger partial charge in [-0.25, -0.2) is 0 Å². The normalized spacial score (nSPS) is 32.5. The van der Waals surface area contributed by atoms with Crippen LogP contribution < -0.4 is 5.32 Å². The molecule has 7 nitrogen and oxygen atoms in total. The van der Waals surface area contributed by atoms with Crippen molar-refractivity contribution in [2.75, 3.05) is 0 Å². The number of Topliss-reactive ketones (excluding diaryl/α,β-unsaturated/α-hetero) is 1. The molecular formula is C26H43NO6. The number of hydrogen-bond donors (Lipinski definition) is 3. The number of nitrogens with one attached hydrogen (secondary N) is 1. The van der Waals surface area contributed by atoms with Gasteiger partial charge in [0.15, 0.2) is 0 Å². The van der Waals surface area contributed by atoms with Crippen LogP contribution in [0, 0.1) is 17.3 Å². The summed E-state index contributed by atoms with van der Waals surface area (Å²) in [4.78, 5) is 37.1. The molecule has 0 radical (unpaired) electrons. The zero-order chi connectivity index (χ0) is 25.3. The molecule has 0 aromatic rings. The third-order valence-corrected chi connectivity index (χ3v) is 6.61. The van der Waals surface area contributed by atoms with Gasteiger partial charge in [0.25, 0.3) is 0 Å². The summed E-state index contributed by atoms with van der Waals surface area (Å²) in [6.45, 7) is 11.9. The fourth-order valence-electron chi connectivity index (χ4n) is 4.28. The lowest BCUT2D eigenvalue weighted by molar-refractivity contribution is -0.154. The summed E-state index contributed by atoms with van der Waals surface area (Å²) in [6.07, 6.45) is 5.85. The highest BCUT2D eigenvalue weighted by atomic mass is 16.5. The number of hydrogen-bond acceptors (Lipinski definition) is 6. The van der Waals surface area contributed by atoms with E-state index >= 15 is 0 Å². The summed E-state index contributed by atoms with van der Waals surface area (Å²) in [5, 5.41) is 24.2. The van der Waals surface area contributed by atoms with E-state index in [1.807, 2.05) is 39.0 Å². The maximum atomic E-state index is 13.1. The van der Waals surface area contributed by atoms with Gasteiger partial charge >= 0.3 is 5.97 Å². The first-order chi connectivity index (χ1) is 15.3. The van der Waals surface area contributed by atoms with Gasteiger partial charge in [-0.3, -0.25) is 14.4 Å². The molecule has 0 aliphatic carbocycles. The molecule has 1 rings (SSSR count). The van der Waals surface area contributed by atoms with E-state index in [1.165, 1.54) is 6.92 Å². The number of cyclic esters (lactones) is 1. The van der Waals surface area contributed by atoms with E-state index in [1.54, 1.807) is 20.8 Å². The topological polar surface area (TPSA) is 113 Å². The van der Waals surface area contributed by atoms with Gasteiger partial charge in [0.2, 0.25) is 5.91 Å². The van der Waals surface area contributed by atoms with Crippen molar-refractivity contribution in [3.8, 4) is 0 Å². The first-order valence-corrected chi connectivity index (χ1v) is 12.0. The number of carbonyl (C=O) groups is 3. The van der Waals surface area contributed by atoms with Gasteiger partial charge in [-0.15, -0.1) is 0 Å². The van der Waals surface area contributed by atoms with Gasteiger partial charge in [-0.1, -0.05) is 45.9 Å². The second kappa shape index (κ2) is 13.0. The molecule has 3 N–H and O–H groups in total. The average molecular weight is 466 g/mol. The van der Waals surface area contributed by atoms with Crippen molar-refractivity contribution in [1.82, 2.24) is 5.32 Å². The SMILES string of the molecule is CC(=O)N[C@@H](C)/C=C(\C)[C@@H]1C/C=C\CCC[C@H](C)[C@H](O)[C@@H](C)C(=O)C(C)(C)[C@@H](O)CC(=O)O1. The number of esters is 1. The maximum absolute atomic E-state index is 13.1. The van der Waals surface area contributed by atoms with Crippen molar-refractivity contribution in [3.63, 3.8) is 0 Å². The Balaban J connectivity index is 3.15. The second-order valence-corrected chi connectivity index (χ2v) is 10.1. The predicted molar refractivity (Wildman–Crippen MR) is 128 cm³/mol. The Labute approximate surface area is 198 Å².